The van der Waals surface area contributed by atoms with Crippen LogP contribution in [0.25, 0.3) is 16.9 Å². The van der Waals surface area contributed by atoms with Gasteiger partial charge in [-0.15, -0.1) is 0 Å². The molecule has 0 radical (unpaired) electrons. The molecule has 1 fully saturated rings. The van der Waals surface area contributed by atoms with Crippen molar-refractivity contribution in [2.75, 3.05) is 27.3 Å². The molecule has 0 unspecified atom stereocenters. The first-order valence-corrected chi connectivity index (χ1v) is 9.95. The fourth-order valence-corrected chi connectivity index (χ4v) is 3.68. The molecular weight excluding hydrogens is 382 g/mol. The van der Waals surface area contributed by atoms with Crippen LogP contribution in [-0.4, -0.2) is 59.1 Å². The van der Waals surface area contributed by atoms with Crippen LogP contribution in [-0.2, 0) is 0 Å². The smallest absolute Gasteiger partial charge is 0.257 e. The topological polar surface area (TPSA) is 76.8 Å². The van der Waals surface area contributed by atoms with Gasteiger partial charge in [0.2, 0.25) is 0 Å². The van der Waals surface area contributed by atoms with Gasteiger partial charge in [-0.25, -0.2) is 4.68 Å². The number of carbonyl (C=O) groups is 1. The maximum Gasteiger partial charge on any atom is 0.257 e. The zero-order chi connectivity index (χ0) is 21.1. The maximum absolute atomic E-state index is 13.4. The van der Waals surface area contributed by atoms with Gasteiger partial charge in [-0.05, 0) is 43.2 Å². The molecule has 0 saturated carbocycles. The van der Waals surface area contributed by atoms with E-state index >= 15 is 0 Å². The molecule has 2 aromatic carbocycles. The Morgan fingerprint density at radius 1 is 1.03 bits per heavy atom. The highest BCUT2D eigenvalue weighted by molar-refractivity contribution is 6.00. The lowest BCUT2D eigenvalue weighted by molar-refractivity contribution is 0.0547. The molecule has 4 rings (SSSR count). The molecule has 1 amide bonds. The van der Waals surface area contributed by atoms with Gasteiger partial charge in [0.15, 0.2) is 11.5 Å². The number of aliphatic hydroxyl groups excluding tert-OH is 1. The second-order valence-corrected chi connectivity index (χ2v) is 7.26. The number of rotatable bonds is 5. The molecule has 1 saturated heterocycles. The monoisotopic (exact) mass is 407 g/mol. The van der Waals surface area contributed by atoms with Crippen molar-refractivity contribution in [1.82, 2.24) is 14.7 Å². The zero-order valence-electron chi connectivity index (χ0n) is 17.1. The van der Waals surface area contributed by atoms with Gasteiger partial charge in [0.1, 0.15) is 5.69 Å². The fourth-order valence-electron chi connectivity index (χ4n) is 3.68. The Kier molecular flexibility index (Phi) is 5.72. The Morgan fingerprint density at radius 3 is 2.40 bits per heavy atom. The number of piperidine rings is 1. The van der Waals surface area contributed by atoms with Crippen LogP contribution in [0.3, 0.4) is 0 Å². The number of aliphatic hydroxyl groups is 1. The summed E-state index contributed by atoms with van der Waals surface area (Å²) in [6.45, 7) is 1.06. The summed E-state index contributed by atoms with van der Waals surface area (Å²) < 4.78 is 12.5. The molecule has 1 aliphatic rings. The molecule has 3 aromatic rings. The fraction of sp³-hybridized carbons (Fsp3) is 0.304. The van der Waals surface area contributed by atoms with Crippen molar-refractivity contribution in [2.45, 2.75) is 18.9 Å². The van der Waals surface area contributed by atoms with Crippen LogP contribution in [0.4, 0.5) is 0 Å². The van der Waals surface area contributed by atoms with Crippen LogP contribution in [0.2, 0.25) is 0 Å². The van der Waals surface area contributed by atoms with Gasteiger partial charge >= 0.3 is 0 Å². The van der Waals surface area contributed by atoms with Gasteiger partial charge in [0.25, 0.3) is 5.91 Å². The molecule has 156 valence electrons. The number of hydrogen-bond donors (Lipinski definition) is 1. The number of nitrogens with zero attached hydrogens (tertiary/aromatic N) is 3. The van der Waals surface area contributed by atoms with Crippen LogP contribution in [0.5, 0.6) is 11.5 Å². The van der Waals surface area contributed by atoms with Crippen LogP contribution in [0, 0.1) is 0 Å². The van der Waals surface area contributed by atoms with Crippen molar-refractivity contribution in [3.05, 3.63) is 60.3 Å². The van der Waals surface area contributed by atoms with E-state index in [1.165, 1.54) is 0 Å². The number of amides is 1. The minimum atomic E-state index is -0.341. The molecule has 7 nitrogen and oxygen atoms in total. The molecule has 7 heteroatoms. The summed E-state index contributed by atoms with van der Waals surface area (Å²) in [4.78, 5) is 15.1. The molecule has 0 bridgehead atoms. The van der Waals surface area contributed by atoms with E-state index in [1.54, 1.807) is 36.1 Å². The van der Waals surface area contributed by atoms with Crippen molar-refractivity contribution < 1.29 is 19.4 Å². The van der Waals surface area contributed by atoms with E-state index in [-0.39, 0.29) is 12.0 Å². The van der Waals surface area contributed by atoms with Crippen LogP contribution in [0.1, 0.15) is 23.2 Å². The van der Waals surface area contributed by atoms with Gasteiger partial charge in [0.05, 0.1) is 31.6 Å². The average Bonchev–Trinajstić information content (AvgIpc) is 3.24. The zero-order valence-corrected chi connectivity index (χ0v) is 17.1. The first-order valence-electron chi connectivity index (χ1n) is 9.95. The molecule has 2 heterocycles. The molecule has 0 atom stereocenters. The van der Waals surface area contributed by atoms with E-state index in [1.807, 2.05) is 42.5 Å². The highest BCUT2D eigenvalue weighted by Crippen LogP contribution is 2.34. The van der Waals surface area contributed by atoms with Gasteiger partial charge in [-0.3, -0.25) is 4.79 Å². The number of carbonyl (C=O) groups excluding carboxylic acids is 1. The van der Waals surface area contributed by atoms with Crippen LogP contribution >= 0.6 is 0 Å². The Labute approximate surface area is 175 Å². The van der Waals surface area contributed by atoms with Crippen LogP contribution < -0.4 is 9.47 Å². The van der Waals surface area contributed by atoms with Gasteiger partial charge in [0, 0.05) is 24.8 Å². The number of para-hydroxylation sites is 1. The van der Waals surface area contributed by atoms with Crippen molar-refractivity contribution in [1.29, 1.82) is 0 Å². The largest absolute Gasteiger partial charge is 0.493 e. The van der Waals surface area contributed by atoms with Crippen LogP contribution in [0.15, 0.2) is 54.7 Å². The van der Waals surface area contributed by atoms with E-state index in [0.29, 0.717) is 48.7 Å². The third-order valence-electron chi connectivity index (χ3n) is 5.37. The Hall–Kier alpha value is -3.32. The lowest BCUT2D eigenvalue weighted by atomic mass is 10.0. The number of methoxy groups -OCH3 is 2. The lowest BCUT2D eigenvalue weighted by Crippen LogP contribution is -2.40. The number of hydrogen-bond acceptors (Lipinski definition) is 5. The summed E-state index contributed by atoms with van der Waals surface area (Å²) >= 11 is 0. The SMILES string of the molecule is COc1ccc(-c2nn(-c3ccccc3)cc2C(=O)N2CCC(O)CC2)cc1OC. The van der Waals surface area contributed by atoms with Gasteiger partial charge in [-0.2, -0.15) is 5.10 Å². The number of aromatic nitrogens is 2. The Morgan fingerprint density at radius 2 is 1.73 bits per heavy atom. The van der Waals surface area contributed by atoms with Gasteiger partial charge in [-0.1, -0.05) is 18.2 Å². The van der Waals surface area contributed by atoms with Crippen molar-refractivity contribution in [2.24, 2.45) is 0 Å². The summed E-state index contributed by atoms with van der Waals surface area (Å²) in [6.07, 6.45) is 2.61. The molecule has 1 aromatic heterocycles. The second-order valence-electron chi connectivity index (χ2n) is 7.26. The maximum atomic E-state index is 13.4. The predicted molar refractivity (Wildman–Crippen MR) is 113 cm³/mol. The number of benzene rings is 2. The highest BCUT2D eigenvalue weighted by Gasteiger charge is 2.27. The standard InChI is InChI=1S/C23H25N3O4/c1-29-20-9-8-16(14-21(20)30-2)22-19(23(28)25-12-10-18(27)11-13-25)15-26(24-22)17-6-4-3-5-7-17/h3-9,14-15,18,27H,10-13H2,1-2H3. The normalized spacial score (nSPS) is 14.6. The van der Waals surface area contributed by atoms with Crippen molar-refractivity contribution >= 4 is 5.91 Å². The predicted octanol–water partition coefficient (Wildman–Crippen LogP) is 3.15. The Balaban J connectivity index is 1.78. The lowest BCUT2D eigenvalue weighted by Gasteiger charge is -2.29. The Bertz CT molecular complexity index is 1020. The van der Waals surface area contributed by atoms with Crippen molar-refractivity contribution in [3.63, 3.8) is 0 Å². The van der Waals surface area contributed by atoms with E-state index in [4.69, 9.17) is 14.6 Å². The second kappa shape index (κ2) is 8.59. The highest BCUT2D eigenvalue weighted by atomic mass is 16.5. The molecule has 0 aliphatic carbocycles. The quantitative estimate of drug-likeness (QED) is 0.703. The van der Waals surface area contributed by atoms with E-state index in [2.05, 4.69) is 0 Å². The molecule has 30 heavy (non-hydrogen) atoms. The summed E-state index contributed by atoms with van der Waals surface area (Å²) in [7, 11) is 3.16. The third kappa shape index (κ3) is 3.89. The van der Waals surface area contributed by atoms with Gasteiger partial charge < -0.3 is 19.5 Å². The molecular formula is C23H25N3O4. The third-order valence-corrected chi connectivity index (χ3v) is 5.37. The molecule has 0 spiro atoms. The number of likely N-dealkylation sites (tertiary alicyclic amines) is 1. The minimum Gasteiger partial charge on any atom is -0.493 e. The summed E-state index contributed by atoms with van der Waals surface area (Å²) in [5, 5.41) is 14.5. The number of ether oxygens (including phenoxy) is 2. The van der Waals surface area contributed by atoms with E-state index in [0.717, 1.165) is 11.3 Å². The molecule has 1 aliphatic heterocycles. The summed E-state index contributed by atoms with van der Waals surface area (Å²) in [6, 6.07) is 15.2. The first-order chi connectivity index (χ1) is 14.6. The van der Waals surface area contributed by atoms with E-state index in [9.17, 15) is 9.90 Å². The average molecular weight is 407 g/mol. The minimum absolute atomic E-state index is 0.0890. The summed E-state index contributed by atoms with van der Waals surface area (Å²) in [5.41, 5.74) is 2.73. The first kappa shape index (κ1) is 20.0. The van der Waals surface area contributed by atoms with Crippen molar-refractivity contribution in [3.8, 4) is 28.4 Å². The van der Waals surface area contributed by atoms with E-state index < -0.39 is 0 Å². The summed E-state index contributed by atoms with van der Waals surface area (Å²) in [5.74, 6) is 1.10. The molecule has 1 N–H and O–H groups in total.